The summed E-state index contributed by atoms with van der Waals surface area (Å²) in [7, 11) is -0.572. The number of hydrogen-bond donors (Lipinski definition) is 0. The van der Waals surface area contributed by atoms with Crippen LogP contribution in [0.3, 0.4) is 0 Å². The fraction of sp³-hybridized carbons (Fsp3) is 0.263. The second-order valence-corrected chi connectivity index (χ2v) is 9.44. The zero-order valence-electron chi connectivity index (χ0n) is 15.6. The molecule has 142 valence electrons. The van der Waals surface area contributed by atoms with Crippen LogP contribution >= 0.6 is 11.3 Å². The first-order valence-corrected chi connectivity index (χ1v) is 10.7. The van der Waals surface area contributed by atoms with Crippen LogP contribution in [0.25, 0.3) is 10.2 Å². The van der Waals surface area contributed by atoms with E-state index < -0.39 is 10.0 Å². The molecule has 0 spiro atoms. The number of amides is 1. The zero-order chi connectivity index (χ0) is 19.8. The number of aryl methyl sites for hydroxylation is 1. The second-order valence-electron chi connectivity index (χ2n) is 6.28. The van der Waals surface area contributed by atoms with E-state index in [1.807, 2.05) is 32.0 Å². The number of hydrogen-bond acceptors (Lipinski definition) is 5. The number of benzene rings is 2. The Morgan fingerprint density at radius 3 is 2.33 bits per heavy atom. The topological polar surface area (TPSA) is 70.6 Å². The van der Waals surface area contributed by atoms with Gasteiger partial charge in [-0.25, -0.2) is 17.7 Å². The fourth-order valence-electron chi connectivity index (χ4n) is 2.69. The fourth-order valence-corrected chi connectivity index (χ4v) is 4.70. The third-order valence-corrected chi connectivity index (χ3v) is 7.15. The van der Waals surface area contributed by atoms with Gasteiger partial charge >= 0.3 is 0 Å². The Bertz CT molecular complexity index is 1090. The highest BCUT2D eigenvalue weighted by molar-refractivity contribution is 7.89. The summed E-state index contributed by atoms with van der Waals surface area (Å²) in [5, 5.41) is 0.636. The van der Waals surface area contributed by atoms with E-state index in [1.54, 1.807) is 17.0 Å². The molecule has 0 fully saturated rings. The monoisotopic (exact) mass is 403 g/mol. The maximum Gasteiger partial charge on any atom is 0.260 e. The number of aromatic nitrogens is 1. The lowest BCUT2D eigenvalue weighted by molar-refractivity contribution is 0.0988. The lowest BCUT2D eigenvalue weighted by Gasteiger charge is -2.18. The smallest absolute Gasteiger partial charge is 0.260 e. The van der Waals surface area contributed by atoms with Crippen LogP contribution in [0.2, 0.25) is 0 Å². The Kier molecular flexibility index (Phi) is 5.32. The zero-order valence-corrected chi connectivity index (χ0v) is 17.3. The number of carbonyl (C=O) groups excluding carboxylic acids is 1. The van der Waals surface area contributed by atoms with Crippen LogP contribution in [0.15, 0.2) is 47.4 Å². The van der Waals surface area contributed by atoms with Gasteiger partial charge in [-0.1, -0.05) is 23.5 Å². The van der Waals surface area contributed by atoms with Gasteiger partial charge in [-0.2, -0.15) is 0 Å². The van der Waals surface area contributed by atoms with Gasteiger partial charge in [-0.15, -0.1) is 0 Å². The van der Waals surface area contributed by atoms with Crippen LogP contribution in [0.1, 0.15) is 22.8 Å². The Hall–Kier alpha value is -2.29. The molecule has 0 aliphatic rings. The molecular weight excluding hydrogens is 382 g/mol. The van der Waals surface area contributed by atoms with Gasteiger partial charge < -0.3 is 0 Å². The average Bonchev–Trinajstić information content (AvgIpc) is 3.07. The van der Waals surface area contributed by atoms with Gasteiger partial charge in [-0.3, -0.25) is 9.69 Å². The Morgan fingerprint density at radius 1 is 1.11 bits per heavy atom. The second kappa shape index (κ2) is 7.38. The van der Waals surface area contributed by atoms with E-state index in [-0.39, 0.29) is 10.8 Å². The van der Waals surface area contributed by atoms with E-state index in [0.717, 1.165) is 20.1 Å². The van der Waals surface area contributed by atoms with Gasteiger partial charge in [0.15, 0.2) is 5.13 Å². The molecule has 1 heterocycles. The molecule has 0 aliphatic carbocycles. The quantitative estimate of drug-likeness (QED) is 0.653. The van der Waals surface area contributed by atoms with Crippen molar-refractivity contribution in [2.24, 2.45) is 0 Å². The molecule has 0 saturated heterocycles. The third kappa shape index (κ3) is 3.60. The third-order valence-electron chi connectivity index (χ3n) is 4.28. The van der Waals surface area contributed by atoms with Crippen molar-refractivity contribution in [2.75, 3.05) is 25.5 Å². The predicted octanol–water partition coefficient (Wildman–Crippen LogP) is 3.52. The maximum atomic E-state index is 13.0. The molecule has 0 radical (unpaired) electrons. The van der Waals surface area contributed by atoms with Crippen LogP contribution in [0.4, 0.5) is 5.13 Å². The van der Waals surface area contributed by atoms with Crippen molar-refractivity contribution in [3.8, 4) is 0 Å². The van der Waals surface area contributed by atoms with Crippen LogP contribution < -0.4 is 4.90 Å². The SMILES string of the molecule is CCN(C(=O)c1ccc(S(=O)(=O)N(C)C)cc1)c1nc2c(C)cccc2s1. The van der Waals surface area contributed by atoms with Crippen LogP contribution in [0.5, 0.6) is 0 Å². The molecule has 6 nitrogen and oxygen atoms in total. The van der Waals surface area contributed by atoms with Crippen LogP contribution in [-0.4, -0.2) is 44.3 Å². The number of para-hydroxylation sites is 1. The minimum atomic E-state index is -3.52. The van der Waals surface area contributed by atoms with Crippen molar-refractivity contribution in [3.05, 3.63) is 53.6 Å². The van der Waals surface area contributed by atoms with E-state index in [9.17, 15) is 13.2 Å². The number of fused-ring (bicyclic) bond motifs is 1. The molecule has 0 saturated carbocycles. The first kappa shape index (κ1) is 19.5. The first-order chi connectivity index (χ1) is 12.8. The molecule has 2 aromatic carbocycles. The van der Waals surface area contributed by atoms with Crippen molar-refractivity contribution in [1.29, 1.82) is 0 Å². The van der Waals surface area contributed by atoms with Gasteiger partial charge in [0.05, 0.1) is 15.1 Å². The molecule has 1 aromatic heterocycles. The lowest BCUT2D eigenvalue weighted by atomic mass is 10.2. The molecule has 0 N–H and O–H groups in total. The number of rotatable bonds is 5. The summed E-state index contributed by atoms with van der Waals surface area (Å²) in [6, 6.07) is 12.0. The molecule has 0 bridgehead atoms. The van der Waals surface area contributed by atoms with Crippen molar-refractivity contribution in [3.63, 3.8) is 0 Å². The van der Waals surface area contributed by atoms with Crippen molar-refractivity contribution in [2.45, 2.75) is 18.7 Å². The highest BCUT2D eigenvalue weighted by Gasteiger charge is 2.22. The predicted molar refractivity (Wildman–Crippen MR) is 109 cm³/mol. The number of anilines is 1. The summed E-state index contributed by atoms with van der Waals surface area (Å²) in [6.07, 6.45) is 0. The molecule has 0 atom stereocenters. The van der Waals surface area contributed by atoms with E-state index in [4.69, 9.17) is 0 Å². The highest BCUT2D eigenvalue weighted by Crippen LogP contribution is 2.31. The number of sulfonamides is 1. The Morgan fingerprint density at radius 2 is 1.78 bits per heavy atom. The minimum absolute atomic E-state index is 0.155. The highest BCUT2D eigenvalue weighted by atomic mass is 32.2. The van der Waals surface area contributed by atoms with Gasteiger partial charge in [0.1, 0.15) is 0 Å². The van der Waals surface area contributed by atoms with Gasteiger partial charge in [0.2, 0.25) is 10.0 Å². The van der Waals surface area contributed by atoms with Crippen molar-refractivity contribution < 1.29 is 13.2 Å². The standard InChI is InChI=1S/C19H21N3O3S2/c1-5-22(19-20-17-13(2)7-6-8-16(17)26-19)18(23)14-9-11-15(12-10-14)27(24,25)21(3)4/h6-12H,5H2,1-4H3. The van der Waals surface area contributed by atoms with E-state index in [0.29, 0.717) is 17.2 Å². The van der Waals surface area contributed by atoms with Crippen LogP contribution in [-0.2, 0) is 10.0 Å². The van der Waals surface area contributed by atoms with Crippen molar-refractivity contribution in [1.82, 2.24) is 9.29 Å². The Labute approximate surface area is 163 Å². The molecule has 3 rings (SSSR count). The first-order valence-electron chi connectivity index (χ1n) is 8.46. The van der Waals surface area contributed by atoms with Gasteiger partial charge in [0.25, 0.3) is 5.91 Å². The average molecular weight is 404 g/mol. The molecule has 8 heteroatoms. The van der Waals surface area contributed by atoms with E-state index in [1.165, 1.54) is 37.6 Å². The summed E-state index contributed by atoms with van der Waals surface area (Å²) in [5.74, 6) is -0.206. The van der Waals surface area contributed by atoms with Crippen molar-refractivity contribution >= 4 is 42.6 Å². The van der Waals surface area contributed by atoms with Gasteiger partial charge in [0, 0.05) is 26.2 Å². The molecule has 1 amide bonds. The summed E-state index contributed by atoms with van der Waals surface area (Å²) in [5.41, 5.74) is 2.39. The molecule has 27 heavy (non-hydrogen) atoms. The minimum Gasteiger partial charge on any atom is -0.284 e. The summed E-state index contributed by atoms with van der Waals surface area (Å²) >= 11 is 1.47. The number of carbonyl (C=O) groups is 1. The summed E-state index contributed by atoms with van der Waals surface area (Å²) < 4.78 is 26.5. The molecule has 3 aromatic rings. The lowest BCUT2D eigenvalue weighted by Crippen LogP contribution is -2.30. The number of nitrogens with zero attached hydrogens (tertiary/aromatic N) is 3. The Balaban J connectivity index is 1.94. The largest absolute Gasteiger partial charge is 0.284 e. The summed E-state index contributed by atoms with van der Waals surface area (Å²) in [6.45, 7) is 4.35. The number of thiazole rings is 1. The maximum absolute atomic E-state index is 13.0. The summed E-state index contributed by atoms with van der Waals surface area (Å²) in [4.78, 5) is 19.4. The van der Waals surface area contributed by atoms with Crippen LogP contribution in [0, 0.1) is 6.92 Å². The molecule has 0 unspecified atom stereocenters. The van der Waals surface area contributed by atoms with Gasteiger partial charge in [-0.05, 0) is 49.7 Å². The normalized spacial score (nSPS) is 11.9. The molecule has 0 aliphatic heterocycles. The van der Waals surface area contributed by atoms with E-state index in [2.05, 4.69) is 4.98 Å². The molecular formula is C19H21N3O3S2. The van der Waals surface area contributed by atoms with E-state index >= 15 is 0 Å².